The largest absolute Gasteiger partial charge is 0.497 e. The van der Waals surface area contributed by atoms with Crippen molar-refractivity contribution < 1.29 is 17.9 Å². The number of halogens is 3. The molecule has 164 valence electrons. The minimum absolute atomic E-state index is 0.0343. The van der Waals surface area contributed by atoms with E-state index in [1.54, 1.807) is 13.2 Å². The van der Waals surface area contributed by atoms with Gasteiger partial charge in [-0.05, 0) is 34.9 Å². The van der Waals surface area contributed by atoms with Crippen molar-refractivity contribution in [2.75, 3.05) is 14.2 Å². The molecule has 0 aliphatic rings. The highest BCUT2D eigenvalue weighted by Crippen LogP contribution is 2.34. The SMILES string of the molecule is CN=C(NCc1ccccc1Cn1cccn1)NCc1ccc(OC)cc1C(F)(F)F. The Bertz CT molecular complexity index is 1020. The first-order valence-electron chi connectivity index (χ1n) is 9.63. The third-order valence-corrected chi connectivity index (χ3v) is 4.75. The molecule has 0 fully saturated rings. The standard InChI is InChI=1S/C22H24F3N5O/c1-26-21(28-14-17-8-9-19(31-2)12-20(17)22(23,24)25)27-13-16-6-3-4-7-18(16)15-30-11-5-10-29-30/h3-12H,13-15H2,1-2H3,(H2,26,27,28). The first kappa shape index (κ1) is 22.2. The molecule has 0 unspecified atom stereocenters. The Morgan fingerprint density at radius 1 is 1.03 bits per heavy atom. The van der Waals surface area contributed by atoms with Crippen LogP contribution < -0.4 is 15.4 Å². The molecule has 0 saturated heterocycles. The van der Waals surface area contributed by atoms with Crippen LogP contribution in [0.1, 0.15) is 22.3 Å². The van der Waals surface area contributed by atoms with E-state index in [1.807, 2.05) is 41.2 Å². The minimum Gasteiger partial charge on any atom is -0.497 e. The minimum atomic E-state index is -4.48. The van der Waals surface area contributed by atoms with E-state index in [1.165, 1.54) is 19.2 Å². The summed E-state index contributed by atoms with van der Waals surface area (Å²) in [6.07, 6.45) is -0.868. The summed E-state index contributed by atoms with van der Waals surface area (Å²) in [6, 6.07) is 13.7. The maximum Gasteiger partial charge on any atom is 0.416 e. The molecule has 0 saturated carbocycles. The molecule has 9 heteroatoms. The van der Waals surface area contributed by atoms with Crippen LogP contribution in [0.2, 0.25) is 0 Å². The van der Waals surface area contributed by atoms with Gasteiger partial charge in [-0.1, -0.05) is 30.3 Å². The lowest BCUT2D eigenvalue weighted by Crippen LogP contribution is -2.37. The van der Waals surface area contributed by atoms with Crippen molar-refractivity contribution in [3.63, 3.8) is 0 Å². The molecule has 3 rings (SSSR count). The van der Waals surface area contributed by atoms with Crippen molar-refractivity contribution in [2.24, 2.45) is 4.99 Å². The highest BCUT2D eigenvalue weighted by molar-refractivity contribution is 5.79. The molecule has 0 spiro atoms. The van der Waals surface area contributed by atoms with Crippen molar-refractivity contribution in [1.82, 2.24) is 20.4 Å². The third-order valence-electron chi connectivity index (χ3n) is 4.75. The van der Waals surface area contributed by atoms with Gasteiger partial charge in [0.05, 0.1) is 19.2 Å². The Labute approximate surface area is 178 Å². The van der Waals surface area contributed by atoms with Gasteiger partial charge in [0.15, 0.2) is 5.96 Å². The fraction of sp³-hybridized carbons (Fsp3) is 0.273. The number of hydrogen-bond donors (Lipinski definition) is 2. The topological polar surface area (TPSA) is 63.5 Å². The first-order valence-corrected chi connectivity index (χ1v) is 9.63. The van der Waals surface area contributed by atoms with Gasteiger partial charge < -0.3 is 15.4 Å². The quantitative estimate of drug-likeness (QED) is 0.441. The summed E-state index contributed by atoms with van der Waals surface area (Å²) in [5.41, 5.74) is 1.50. The number of guanidine groups is 1. The van der Waals surface area contributed by atoms with E-state index < -0.39 is 11.7 Å². The highest BCUT2D eigenvalue weighted by atomic mass is 19.4. The molecule has 1 heterocycles. The second-order valence-electron chi connectivity index (χ2n) is 6.77. The van der Waals surface area contributed by atoms with Crippen molar-refractivity contribution in [3.8, 4) is 5.75 Å². The fourth-order valence-corrected chi connectivity index (χ4v) is 3.13. The zero-order chi connectivity index (χ0) is 22.3. The molecular weight excluding hydrogens is 407 g/mol. The Hall–Kier alpha value is -3.49. The third kappa shape index (κ3) is 6.00. The van der Waals surface area contributed by atoms with Crippen LogP contribution in [-0.4, -0.2) is 29.9 Å². The summed E-state index contributed by atoms with van der Waals surface area (Å²) in [7, 11) is 2.91. The fourth-order valence-electron chi connectivity index (χ4n) is 3.13. The van der Waals surface area contributed by atoms with Crippen LogP contribution in [0.15, 0.2) is 65.9 Å². The lowest BCUT2D eigenvalue weighted by atomic mass is 10.1. The Morgan fingerprint density at radius 3 is 2.35 bits per heavy atom. The molecule has 0 aliphatic carbocycles. The van der Waals surface area contributed by atoms with Crippen molar-refractivity contribution in [1.29, 1.82) is 0 Å². The van der Waals surface area contributed by atoms with Crippen LogP contribution in [-0.2, 0) is 25.8 Å². The molecule has 1 aromatic heterocycles. The van der Waals surface area contributed by atoms with Crippen LogP contribution in [0.5, 0.6) is 5.75 Å². The van der Waals surface area contributed by atoms with E-state index in [0.717, 1.165) is 17.2 Å². The average molecular weight is 431 g/mol. The molecule has 0 atom stereocenters. The summed E-state index contributed by atoms with van der Waals surface area (Å²) in [4.78, 5) is 4.12. The zero-order valence-corrected chi connectivity index (χ0v) is 17.3. The van der Waals surface area contributed by atoms with E-state index in [9.17, 15) is 13.2 Å². The van der Waals surface area contributed by atoms with Crippen molar-refractivity contribution in [3.05, 3.63) is 83.2 Å². The Morgan fingerprint density at radius 2 is 1.74 bits per heavy atom. The van der Waals surface area contributed by atoms with Gasteiger partial charge in [-0.2, -0.15) is 18.3 Å². The molecule has 6 nitrogen and oxygen atoms in total. The van der Waals surface area contributed by atoms with Gasteiger partial charge in [0, 0.05) is 32.5 Å². The molecule has 2 aromatic carbocycles. The van der Waals surface area contributed by atoms with Gasteiger partial charge >= 0.3 is 6.18 Å². The predicted molar refractivity (Wildman–Crippen MR) is 113 cm³/mol. The smallest absolute Gasteiger partial charge is 0.416 e. The summed E-state index contributed by atoms with van der Waals surface area (Å²) in [5, 5.41) is 10.3. The van der Waals surface area contributed by atoms with Gasteiger partial charge in [0.2, 0.25) is 0 Å². The predicted octanol–water partition coefficient (Wildman–Crippen LogP) is 3.82. The van der Waals surface area contributed by atoms with Crippen molar-refractivity contribution >= 4 is 5.96 Å². The average Bonchev–Trinajstić information content (AvgIpc) is 3.27. The van der Waals surface area contributed by atoms with Crippen LogP contribution >= 0.6 is 0 Å². The monoisotopic (exact) mass is 431 g/mol. The zero-order valence-electron chi connectivity index (χ0n) is 17.3. The summed E-state index contributed by atoms with van der Waals surface area (Å²) < 4.78 is 47.0. The molecule has 0 bridgehead atoms. The van der Waals surface area contributed by atoms with E-state index in [0.29, 0.717) is 19.0 Å². The van der Waals surface area contributed by atoms with Gasteiger partial charge in [-0.25, -0.2) is 0 Å². The molecule has 0 radical (unpaired) electrons. The lowest BCUT2D eigenvalue weighted by molar-refractivity contribution is -0.138. The number of methoxy groups -OCH3 is 1. The number of nitrogens with zero attached hydrogens (tertiary/aromatic N) is 3. The van der Waals surface area contributed by atoms with Crippen LogP contribution in [0.25, 0.3) is 0 Å². The Balaban J connectivity index is 1.65. The normalized spacial score (nSPS) is 12.0. The number of ether oxygens (including phenoxy) is 1. The molecular formula is C22H24F3N5O. The number of hydrogen-bond acceptors (Lipinski definition) is 3. The maximum atomic E-state index is 13.4. The first-order chi connectivity index (χ1) is 14.9. The van der Waals surface area contributed by atoms with Gasteiger partial charge in [0.1, 0.15) is 5.75 Å². The summed E-state index contributed by atoms with van der Waals surface area (Å²) >= 11 is 0. The Kier molecular flexibility index (Phi) is 7.17. The molecule has 0 aliphatic heterocycles. The second kappa shape index (κ2) is 10.0. The summed E-state index contributed by atoms with van der Waals surface area (Å²) in [6.45, 7) is 1.05. The highest BCUT2D eigenvalue weighted by Gasteiger charge is 2.33. The van der Waals surface area contributed by atoms with E-state index in [4.69, 9.17) is 4.74 Å². The van der Waals surface area contributed by atoms with Crippen molar-refractivity contribution in [2.45, 2.75) is 25.8 Å². The number of alkyl halides is 3. The number of rotatable bonds is 7. The van der Waals surface area contributed by atoms with Crippen LogP contribution in [0.3, 0.4) is 0 Å². The van der Waals surface area contributed by atoms with Gasteiger partial charge in [-0.3, -0.25) is 9.67 Å². The van der Waals surface area contributed by atoms with E-state index in [-0.39, 0.29) is 17.9 Å². The van der Waals surface area contributed by atoms with E-state index >= 15 is 0 Å². The number of benzene rings is 2. The number of aliphatic imine (C=N–C) groups is 1. The van der Waals surface area contributed by atoms with Crippen LogP contribution in [0, 0.1) is 0 Å². The van der Waals surface area contributed by atoms with Gasteiger partial charge in [-0.15, -0.1) is 0 Å². The maximum absolute atomic E-state index is 13.4. The molecule has 0 amide bonds. The second-order valence-corrected chi connectivity index (χ2v) is 6.77. The lowest BCUT2D eigenvalue weighted by Gasteiger charge is -2.17. The summed E-state index contributed by atoms with van der Waals surface area (Å²) in [5.74, 6) is 0.560. The molecule has 2 N–H and O–H groups in total. The van der Waals surface area contributed by atoms with Gasteiger partial charge in [0.25, 0.3) is 0 Å². The molecule has 3 aromatic rings. The van der Waals surface area contributed by atoms with Crippen LogP contribution in [0.4, 0.5) is 13.2 Å². The number of nitrogens with one attached hydrogen (secondary N) is 2. The number of aromatic nitrogens is 2. The molecule has 31 heavy (non-hydrogen) atoms. The van der Waals surface area contributed by atoms with E-state index in [2.05, 4.69) is 20.7 Å².